The lowest BCUT2D eigenvalue weighted by molar-refractivity contribution is 0.0292. The minimum Gasteiger partial charge on any atom is -0.375 e. The molecule has 0 aliphatic carbocycles. The molecule has 10 heteroatoms. The van der Waals surface area contributed by atoms with Crippen molar-refractivity contribution in [2.45, 2.75) is 26.0 Å². The van der Waals surface area contributed by atoms with E-state index in [2.05, 4.69) is 10.3 Å². The number of aryl methyl sites for hydroxylation is 2. The number of nitrogens with zero attached hydrogens (tertiary/aromatic N) is 3. The molecule has 3 aromatic heterocycles. The molecule has 1 aliphatic heterocycles. The van der Waals surface area contributed by atoms with Crippen LogP contribution in [0.2, 0.25) is 5.02 Å². The van der Waals surface area contributed by atoms with Gasteiger partial charge in [-0.3, -0.25) is 14.3 Å². The Kier molecular flexibility index (Phi) is 6.59. The zero-order chi connectivity index (χ0) is 24.7. The number of benzene rings is 1. The third-order valence-corrected chi connectivity index (χ3v) is 7.68. The summed E-state index contributed by atoms with van der Waals surface area (Å²) >= 11 is 7.65. The summed E-state index contributed by atoms with van der Waals surface area (Å²) in [6, 6.07) is 6.96. The molecule has 1 N–H and O–H groups in total. The minimum atomic E-state index is -0.523. The van der Waals surface area contributed by atoms with Gasteiger partial charge in [0.2, 0.25) is 0 Å². The van der Waals surface area contributed by atoms with Gasteiger partial charge < -0.3 is 14.6 Å². The van der Waals surface area contributed by atoms with Gasteiger partial charge in [0.05, 0.1) is 28.8 Å². The van der Waals surface area contributed by atoms with Crippen molar-refractivity contribution in [2.24, 2.45) is 7.05 Å². The van der Waals surface area contributed by atoms with E-state index >= 15 is 4.39 Å². The maximum Gasteiger partial charge on any atom is 0.331 e. The van der Waals surface area contributed by atoms with Crippen LogP contribution < -0.4 is 16.6 Å². The van der Waals surface area contributed by atoms with Crippen molar-refractivity contribution >= 4 is 33.2 Å². The Bertz CT molecular complexity index is 1540. The first-order valence-corrected chi connectivity index (χ1v) is 12.5. The van der Waals surface area contributed by atoms with E-state index in [0.29, 0.717) is 22.8 Å². The molecule has 1 saturated heterocycles. The number of fused-ring (bicyclic) bond motifs is 1. The first-order chi connectivity index (χ1) is 16.8. The Labute approximate surface area is 209 Å². The monoisotopic (exact) mass is 514 g/mol. The number of nitrogens with one attached hydrogen (secondary N) is 1. The number of pyridine rings is 1. The zero-order valence-corrected chi connectivity index (χ0v) is 20.9. The average molecular weight is 515 g/mol. The second-order valence-electron chi connectivity index (χ2n) is 8.66. The van der Waals surface area contributed by atoms with Gasteiger partial charge >= 0.3 is 5.69 Å². The summed E-state index contributed by atoms with van der Waals surface area (Å²) < 4.78 is 24.4. The number of halogens is 2. The van der Waals surface area contributed by atoms with Gasteiger partial charge in [-0.1, -0.05) is 11.6 Å². The highest BCUT2D eigenvalue weighted by molar-refractivity contribution is 7.19. The lowest BCUT2D eigenvalue weighted by Crippen LogP contribution is -2.39. The smallest absolute Gasteiger partial charge is 0.331 e. The Morgan fingerprint density at radius 3 is 2.89 bits per heavy atom. The predicted molar refractivity (Wildman–Crippen MR) is 136 cm³/mol. The number of ether oxygens (including phenoxy) is 1. The van der Waals surface area contributed by atoms with Gasteiger partial charge in [0.1, 0.15) is 5.52 Å². The molecule has 182 valence electrons. The van der Waals surface area contributed by atoms with Gasteiger partial charge in [0.25, 0.3) is 5.56 Å². The molecular formula is C25H24ClFN4O3S. The van der Waals surface area contributed by atoms with Crippen molar-refractivity contribution in [3.8, 4) is 11.1 Å². The highest BCUT2D eigenvalue weighted by Crippen LogP contribution is 2.40. The summed E-state index contributed by atoms with van der Waals surface area (Å²) in [6.07, 6.45) is 3.68. The van der Waals surface area contributed by atoms with Gasteiger partial charge in [0, 0.05) is 55.6 Å². The standard InChI is InChI=1S/C25H24ClFN4O3S/c1-14-9-15(26)10-19(18(14)11-16-12-28-6-8-34-16)17-3-5-29-23-22(27)20(35-24(17)23)13-31-21(32)4-7-30(2)25(31)33/h3-5,7,9-10,16,28H,6,8,11-13H2,1-2H3. The lowest BCUT2D eigenvalue weighted by atomic mass is 9.92. The largest absolute Gasteiger partial charge is 0.375 e. The normalized spacial score (nSPS) is 16.2. The molecule has 4 heterocycles. The van der Waals surface area contributed by atoms with Crippen LogP contribution in [0.25, 0.3) is 21.3 Å². The van der Waals surface area contributed by atoms with E-state index in [4.69, 9.17) is 16.3 Å². The Morgan fingerprint density at radius 2 is 2.11 bits per heavy atom. The molecule has 1 fully saturated rings. The molecule has 7 nitrogen and oxygen atoms in total. The number of hydrogen-bond acceptors (Lipinski definition) is 6. The van der Waals surface area contributed by atoms with Crippen LogP contribution in [0, 0.1) is 12.7 Å². The van der Waals surface area contributed by atoms with Crippen LogP contribution >= 0.6 is 22.9 Å². The van der Waals surface area contributed by atoms with Crippen molar-refractivity contribution in [3.63, 3.8) is 0 Å². The number of hydrogen-bond donors (Lipinski definition) is 1. The molecule has 1 atom stereocenters. The molecule has 5 rings (SSSR count). The average Bonchev–Trinajstić information content (AvgIpc) is 3.17. The van der Waals surface area contributed by atoms with Crippen LogP contribution in [-0.2, 0) is 24.8 Å². The molecule has 1 aliphatic rings. The quantitative estimate of drug-likeness (QED) is 0.441. The third-order valence-electron chi connectivity index (χ3n) is 6.29. The van der Waals surface area contributed by atoms with Crippen LogP contribution in [0.15, 0.2) is 46.2 Å². The highest BCUT2D eigenvalue weighted by atomic mass is 35.5. The van der Waals surface area contributed by atoms with Gasteiger partial charge in [-0.05, 0) is 41.8 Å². The van der Waals surface area contributed by atoms with Crippen molar-refractivity contribution < 1.29 is 9.13 Å². The molecule has 0 amide bonds. The van der Waals surface area contributed by atoms with Gasteiger partial charge in [-0.15, -0.1) is 11.3 Å². The van der Waals surface area contributed by atoms with E-state index in [-0.39, 0.29) is 23.0 Å². The predicted octanol–water partition coefficient (Wildman–Crippen LogP) is 3.50. The Hall–Kier alpha value is -2.85. The fourth-order valence-corrected chi connectivity index (χ4v) is 5.91. The fourth-order valence-electron chi connectivity index (χ4n) is 4.49. The first-order valence-electron chi connectivity index (χ1n) is 11.3. The minimum absolute atomic E-state index is 0.0245. The number of rotatable bonds is 5. The van der Waals surface area contributed by atoms with Gasteiger partial charge in [0.15, 0.2) is 5.82 Å². The molecule has 1 unspecified atom stereocenters. The Morgan fingerprint density at radius 1 is 1.29 bits per heavy atom. The summed E-state index contributed by atoms with van der Waals surface area (Å²) in [5.74, 6) is -0.523. The summed E-state index contributed by atoms with van der Waals surface area (Å²) in [6.45, 7) is 4.09. The summed E-state index contributed by atoms with van der Waals surface area (Å²) in [5, 5.41) is 3.95. The maximum atomic E-state index is 15.5. The maximum absolute atomic E-state index is 15.5. The molecule has 4 aromatic rings. The zero-order valence-electron chi connectivity index (χ0n) is 19.3. The third kappa shape index (κ3) is 4.56. The molecule has 0 saturated carbocycles. The van der Waals surface area contributed by atoms with Gasteiger partial charge in [-0.2, -0.15) is 0 Å². The SMILES string of the molecule is Cc1cc(Cl)cc(-c2ccnc3c(F)c(Cn4c(=O)ccn(C)c4=O)sc23)c1CC1CNCCO1. The number of morpholine rings is 1. The van der Waals surface area contributed by atoms with Crippen molar-refractivity contribution in [1.82, 2.24) is 19.4 Å². The van der Waals surface area contributed by atoms with Crippen molar-refractivity contribution in [1.29, 1.82) is 0 Å². The van der Waals surface area contributed by atoms with E-state index in [0.717, 1.165) is 39.9 Å². The van der Waals surface area contributed by atoms with E-state index in [1.165, 1.54) is 28.2 Å². The van der Waals surface area contributed by atoms with E-state index in [9.17, 15) is 9.59 Å². The van der Waals surface area contributed by atoms with Crippen LogP contribution in [0.3, 0.4) is 0 Å². The fraction of sp³-hybridized carbons (Fsp3) is 0.320. The number of thiophene rings is 1. The second kappa shape index (κ2) is 9.66. The molecule has 0 spiro atoms. The van der Waals surface area contributed by atoms with Crippen LogP contribution in [0.4, 0.5) is 4.39 Å². The molecular weight excluding hydrogens is 491 g/mol. The lowest BCUT2D eigenvalue weighted by Gasteiger charge is -2.25. The summed E-state index contributed by atoms with van der Waals surface area (Å²) in [5.41, 5.74) is 3.05. The molecule has 0 radical (unpaired) electrons. The van der Waals surface area contributed by atoms with Crippen molar-refractivity contribution in [3.05, 3.63) is 84.3 Å². The van der Waals surface area contributed by atoms with Gasteiger partial charge in [-0.25, -0.2) is 9.18 Å². The van der Waals surface area contributed by atoms with Crippen LogP contribution in [0.5, 0.6) is 0 Å². The second-order valence-corrected chi connectivity index (χ2v) is 10.2. The first kappa shape index (κ1) is 23.9. The Balaban J connectivity index is 1.63. The molecule has 1 aromatic carbocycles. The summed E-state index contributed by atoms with van der Waals surface area (Å²) in [4.78, 5) is 29.3. The topological polar surface area (TPSA) is 78.2 Å². The van der Waals surface area contributed by atoms with E-state index < -0.39 is 17.1 Å². The molecule has 35 heavy (non-hydrogen) atoms. The van der Waals surface area contributed by atoms with Crippen molar-refractivity contribution in [2.75, 3.05) is 19.7 Å². The summed E-state index contributed by atoms with van der Waals surface area (Å²) in [7, 11) is 1.55. The van der Waals surface area contributed by atoms with E-state index in [1.54, 1.807) is 13.2 Å². The van der Waals surface area contributed by atoms with Crippen LogP contribution in [-0.4, -0.2) is 39.9 Å². The van der Waals surface area contributed by atoms with E-state index in [1.807, 2.05) is 25.1 Å². The number of aromatic nitrogens is 3. The van der Waals surface area contributed by atoms with Crippen LogP contribution in [0.1, 0.15) is 16.0 Å². The molecule has 0 bridgehead atoms. The highest BCUT2D eigenvalue weighted by Gasteiger charge is 2.23.